The summed E-state index contributed by atoms with van der Waals surface area (Å²) in [4.78, 5) is 0. The van der Waals surface area contributed by atoms with Crippen molar-refractivity contribution in [2.24, 2.45) is 5.92 Å². The van der Waals surface area contributed by atoms with Gasteiger partial charge in [0.15, 0.2) is 0 Å². The monoisotopic (exact) mass is 301 g/mol. The van der Waals surface area contributed by atoms with E-state index in [2.05, 4.69) is 12.2 Å². The van der Waals surface area contributed by atoms with E-state index in [1.165, 1.54) is 37.8 Å². The molecule has 0 spiro atoms. The minimum Gasteiger partial charge on any atom is -0.387 e. The highest BCUT2D eigenvalue weighted by Gasteiger charge is 2.30. The summed E-state index contributed by atoms with van der Waals surface area (Å²) in [5, 5.41) is 13.4. The molecule has 1 fully saturated rings. The smallest absolute Gasteiger partial charge is 0.387 e. The van der Waals surface area contributed by atoms with Crippen LogP contribution in [-0.2, 0) is 6.18 Å². The largest absolute Gasteiger partial charge is 0.416 e. The third-order valence-corrected chi connectivity index (χ3v) is 4.36. The summed E-state index contributed by atoms with van der Waals surface area (Å²) in [7, 11) is 0. The van der Waals surface area contributed by atoms with Gasteiger partial charge in [0, 0.05) is 12.6 Å². The maximum Gasteiger partial charge on any atom is 0.416 e. The molecular weight excluding hydrogens is 279 g/mol. The van der Waals surface area contributed by atoms with Crippen LogP contribution in [0.2, 0.25) is 0 Å². The molecule has 118 valence electrons. The van der Waals surface area contributed by atoms with Gasteiger partial charge in [-0.1, -0.05) is 25.0 Å². The predicted molar refractivity (Wildman–Crippen MR) is 75.8 cm³/mol. The van der Waals surface area contributed by atoms with Gasteiger partial charge in [0.2, 0.25) is 0 Å². The highest BCUT2D eigenvalue weighted by molar-refractivity contribution is 5.26. The zero-order valence-corrected chi connectivity index (χ0v) is 12.2. The molecule has 1 aliphatic rings. The molecule has 0 bridgehead atoms. The third kappa shape index (κ3) is 4.45. The summed E-state index contributed by atoms with van der Waals surface area (Å²) in [6.45, 7) is 2.47. The zero-order valence-electron chi connectivity index (χ0n) is 12.2. The predicted octanol–water partition coefficient (Wildman–Crippen LogP) is 3.91. The molecule has 21 heavy (non-hydrogen) atoms. The fourth-order valence-corrected chi connectivity index (χ4v) is 2.93. The summed E-state index contributed by atoms with van der Waals surface area (Å²) < 4.78 is 37.4. The molecule has 2 nitrogen and oxygen atoms in total. The molecule has 1 aromatic carbocycles. The lowest BCUT2D eigenvalue weighted by atomic mass is 9.99. The van der Waals surface area contributed by atoms with E-state index in [0.717, 1.165) is 12.1 Å². The van der Waals surface area contributed by atoms with Crippen molar-refractivity contribution in [2.45, 2.75) is 50.9 Å². The van der Waals surface area contributed by atoms with Crippen LogP contribution in [0.3, 0.4) is 0 Å². The zero-order chi connectivity index (χ0) is 15.5. The van der Waals surface area contributed by atoms with Gasteiger partial charge in [-0.05, 0) is 43.4 Å². The van der Waals surface area contributed by atoms with Gasteiger partial charge in [-0.3, -0.25) is 0 Å². The van der Waals surface area contributed by atoms with Crippen molar-refractivity contribution in [3.8, 4) is 0 Å². The van der Waals surface area contributed by atoms with Gasteiger partial charge in [0.05, 0.1) is 11.7 Å². The Kier molecular flexibility index (Phi) is 5.27. The topological polar surface area (TPSA) is 32.3 Å². The Bertz CT molecular complexity index is 438. The number of aliphatic hydroxyl groups excluding tert-OH is 1. The van der Waals surface area contributed by atoms with Crippen molar-refractivity contribution in [2.75, 3.05) is 6.54 Å². The normalized spacial score (nSPS) is 19.7. The molecule has 1 saturated carbocycles. The lowest BCUT2D eigenvalue weighted by molar-refractivity contribution is -0.137. The molecule has 5 heteroatoms. The molecule has 1 aromatic rings. The Labute approximate surface area is 123 Å². The van der Waals surface area contributed by atoms with Crippen molar-refractivity contribution in [3.63, 3.8) is 0 Å². The van der Waals surface area contributed by atoms with Gasteiger partial charge in [0.25, 0.3) is 0 Å². The second kappa shape index (κ2) is 6.79. The highest BCUT2D eigenvalue weighted by Crippen LogP contribution is 2.30. The quantitative estimate of drug-likeness (QED) is 0.864. The van der Waals surface area contributed by atoms with Gasteiger partial charge in [0.1, 0.15) is 0 Å². The van der Waals surface area contributed by atoms with Crippen molar-refractivity contribution < 1.29 is 18.3 Å². The molecule has 0 saturated heterocycles. The molecule has 2 atom stereocenters. The van der Waals surface area contributed by atoms with Crippen LogP contribution in [-0.4, -0.2) is 17.7 Å². The molecule has 0 amide bonds. The van der Waals surface area contributed by atoms with Crippen molar-refractivity contribution in [1.29, 1.82) is 0 Å². The summed E-state index contributed by atoms with van der Waals surface area (Å²) in [5.74, 6) is 0.643. The van der Waals surface area contributed by atoms with Crippen LogP contribution in [0.1, 0.15) is 49.8 Å². The molecular formula is C16H22F3NO. The van der Waals surface area contributed by atoms with E-state index in [9.17, 15) is 18.3 Å². The molecule has 2 N–H and O–H groups in total. The number of benzene rings is 1. The van der Waals surface area contributed by atoms with E-state index in [4.69, 9.17) is 0 Å². The Balaban J connectivity index is 1.86. The minimum absolute atomic E-state index is 0.330. The Morgan fingerprint density at radius 2 is 1.76 bits per heavy atom. The van der Waals surface area contributed by atoms with Crippen LogP contribution in [0.15, 0.2) is 24.3 Å². The van der Waals surface area contributed by atoms with Crippen LogP contribution in [0.25, 0.3) is 0 Å². The van der Waals surface area contributed by atoms with E-state index < -0.39 is 17.8 Å². The first-order valence-electron chi connectivity index (χ1n) is 7.46. The van der Waals surface area contributed by atoms with Gasteiger partial charge < -0.3 is 10.4 Å². The maximum atomic E-state index is 12.5. The van der Waals surface area contributed by atoms with Gasteiger partial charge in [-0.2, -0.15) is 13.2 Å². The van der Waals surface area contributed by atoms with Crippen LogP contribution in [0, 0.1) is 5.92 Å². The average Bonchev–Trinajstić information content (AvgIpc) is 2.98. The molecule has 1 aliphatic carbocycles. The maximum absolute atomic E-state index is 12.5. The van der Waals surface area contributed by atoms with E-state index in [-0.39, 0.29) is 0 Å². The fourth-order valence-electron chi connectivity index (χ4n) is 2.93. The first kappa shape index (κ1) is 16.3. The number of nitrogens with one attached hydrogen (secondary N) is 1. The third-order valence-electron chi connectivity index (χ3n) is 4.36. The van der Waals surface area contributed by atoms with Gasteiger partial charge in [-0.15, -0.1) is 0 Å². The lowest BCUT2D eigenvalue weighted by Crippen LogP contribution is -2.35. The van der Waals surface area contributed by atoms with E-state index in [0.29, 0.717) is 24.1 Å². The molecule has 0 radical (unpaired) electrons. The van der Waals surface area contributed by atoms with E-state index in [1.54, 1.807) is 0 Å². The molecule has 2 rings (SSSR count). The fraction of sp³-hybridized carbons (Fsp3) is 0.625. The van der Waals surface area contributed by atoms with Crippen LogP contribution < -0.4 is 5.32 Å². The molecule has 0 aromatic heterocycles. The first-order chi connectivity index (χ1) is 9.88. The highest BCUT2D eigenvalue weighted by atomic mass is 19.4. The number of hydrogen-bond acceptors (Lipinski definition) is 2. The number of halogens is 3. The second-order valence-electron chi connectivity index (χ2n) is 5.88. The Hall–Kier alpha value is -1.07. The van der Waals surface area contributed by atoms with Crippen molar-refractivity contribution >= 4 is 0 Å². The lowest BCUT2D eigenvalue weighted by Gasteiger charge is -2.22. The standard InChI is InChI=1S/C16H22F3NO/c1-11(12-4-2-3-5-12)20-10-15(21)13-6-8-14(9-7-13)16(17,18)19/h6-9,11-12,15,20-21H,2-5,10H2,1H3/t11-,15?/m0/s1. The number of alkyl halides is 3. The van der Waals surface area contributed by atoms with Crippen molar-refractivity contribution in [3.05, 3.63) is 35.4 Å². The number of aliphatic hydroxyl groups is 1. The van der Waals surface area contributed by atoms with Crippen LogP contribution in [0.4, 0.5) is 13.2 Å². The van der Waals surface area contributed by atoms with Crippen LogP contribution in [0.5, 0.6) is 0 Å². The molecule has 1 unspecified atom stereocenters. The summed E-state index contributed by atoms with van der Waals surface area (Å²) in [5.41, 5.74) is -0.181. The van der Waals surface area contributed by atoms with Gasteiger partial charge in [-0.25, -0.2) is 0 Å². The Morgan fingerprint density at radius 1 is 1.19 bits per heavy atom. The SMILES string of the molecule is C[C@H](NCC(O)c1ccc(C(F)(F)F)cc1)C1CCCC1. The summed E-state index contributed by atoms with van der Waals surface area (Å²) in [6.07, 6.45) is -0.166. The minimum atomic E-state index is -4.33. The number of rotatable bonds is 5. The average molecular weight is 301 g/mol. The van der Waals surface area contributed by atoms with E-state index >= 15 is 0 Å². The van der Waals surface area contributed by atoms with Gasteiger partial charge >= 0.3 is 6.18 Å². The first-order valence-corrected chi connectivity index (χ1v) is 7.46. The molecule has 0 heterocycles. The summed E-state index contributed by atoms with van der Waals surface area (Å²) in [6, 6.07) is 5.04. The molecule has 0 aliphatic heterocycles. The van der Waals surface area contributed by atoms with Crippen molar-refractivity contribution in [1.82, 2.24) is 5.32 Å². The second-order valence-corrected chi connectivity index (χ2v) is 5.88. The van der Waals surface area contributed by atoms with E-state index in [1.807, 2.05) is 0 Å². The van der Waals surface area contributed by atoms with Crippen LogP contribution >= 0.6 is 0 Å². The summed E-state index contributed by atoms with van der Waals surface area (Å²) >= 11 is 0. The number of hydrogen-bond donors (Lipinski definition) is 2. The Morgan fingerprint density at radius 3 is 2.29 bits per heavy atom.